The molecule has 2 N–H and O–H groups in total. The van der Waals surface area contributed by atoms with Crippen LogP contribution in [0.5, 0.6) is 0 Å². The third-order valence-electron chi connectivity index (χ3n) is 6.61. The van der Waals surface area contributed by atoms with Gasteiger partial charge >= 0.3 is 0 Å². The Morgan fingerprint density at radius 3 is 2.85 bits per heavy atom. The summed E-state index contributed by atoms with van der Waals surface area (Å²) in [5.74, 6) is 1.71. The quantitative estimate of drug-likeness (QED) is 0.583. The largest absolute Gasteiger partial charge is 0.370 e. The first-order chi connectivity index (χ1) is 16.0. The number of nitrogens with one attached hydrogen (secondary N) is 2. The number of likely N-dealkylation sites (N-methyl/N-ethyl adjacent to an activating group) is 1. The molecular weight excluding hydrogens is 434 g/mol. The van der Waals surface area contributed by atoms with Crippen LogP contribution in [0.4, 0.5) is 11.5 Å². The molecule has 0 unspecified atom stereocenters. The number of amides is 1. The third kappa shape index (κ3) is 4.74. The van der Waals surface area contributed by atoms with Crippen molar-refractivity contribution in [1.82, 2.24) is 9.97 Å². The lowest BCUT2D eigenvalue weighted by atomic mass is 10.1. The fraction of sp³-hybridized carbons (Fsp3) is 0.480. The Morgan fingerprint density at radius 2 is 2.03 bits per heavy atom. The number of benzene rings is 1. The Balaban J connectivity index is 1.42. The number of rotatable bonds is 6. The average Bonchev–Trinajstić information content (AvgIpc) is 3.37. The number of thiophene rings is 1. The fourth-order valence-electron chi connectivity index (χ4n) is 4.79. The maximum Gasteiger partial charge on any atom is 0.243 e. The predicted molar refractivity (Wildman–Crippen MR) is 132 cm³/mol. The van der Waals surface area contributed by atoms with Crippen LogP contribution in [0, 0.1) is 13.8 Å². The Hall–Kier alpha value is -2.55. The zero-order valence-electron chi connectivity index (χ0n) is 19.7. The van der Waals surface area contributed by atoms with E-state index >= 15 is 0 Å². The summed E-state index contributed by atoms with van der Waals surface area (Å²) in [6, 6.07) is 6.12. The highest BCUT2D eigenvalue weighted by Crippen LogP contribution is 2.40. The van der Waals surface area contributed by atoms with Crippen molar-refractivity contribution in [2.45, 2.75) is 39.7 Å². The Morgan fingerprint density at radius 1 is 1.21 bits per heavy atom. The minimum atomic E-state index is -0.0369. The number of anilines is 2. The number of morpholine rings is 1. The van der Waals surface area contributed by atoms with Crippen molar-refractivity contribution in [3.05, 3.63) is 45.6 Å². The van der Waals surface area contributed by atoms with E-state index < -0.39 is 0 Å². The molecule has 1 aliphatic heterocycles. The molecule has 1 fully saturated rings. The number of nitrogens with zero attached hydrogens (tertiary/aromatic N) is 3. The molecule has 2 aromatic heterocycles. The first-order valence-electron chi connectivity index (χ1n) is 11.8. The average molecular weight is 467 g/mol. The topological polar surface area (TPSA) is 71.8 Å². The molecule has 0 saturated carbocycles. The number of hydrogen-bond donors (Lipinski definition) is 2. The molecule has 8 heteroatoms. The number of quaternary nitrogens is 1. The summed E-state index contributed by atoms with van der Waals surface area (Å²) in [6.07, 6.45) is 3.38. The van der Waals surface area contributed by atoms with Crippen molar-refractivity contribution < 1.29 is 14.4 Å². The normalized spacial score (nSPS) is 16.2. The van der Waals surface area contributed by atoms with Crippen molar-refractivity contribution in [3.8, 4) is 0 Å². The van der Waals surface area contributed by atoms with Gasteiger partial charge in [0.15, 0.2) is 5.82 Å². The second-order valence-electron chi connectivity index (χ2n) is 9.26. The minimum absolute atomic E-state index is 0.0369. The summed E-state index contributed by atoms with van der Waals surface area (Å²) < 4.78 is 5.51. The number of ether oxygens (including phenoxy) is 1. The highest BCUT2D eigenvalue weighted by Gasteiger charge is 2.26. The summed E-state index contributed by atoms with van der Waals surface area (Å²) in [4.78, 5) is 28.9. The molecular formula is C25H32N5O2S+. The summed E-state index contributed by atoms with van der Waals surface area (Å²) in [5.41, 5.74) is 4.45. The number of hydrogen-bond acceptors (Lipinski definition) is 6. The summed E-state index contributed by atoms with van der Waals surface area (Å²) in [5, 5.41) is 4.24. The lowest BCUT2D eigenvalue weighted by molar-refractivity contribution is -0.922. The molecule has 0 bridgehead atoms. The molecule has 0 radical (unpaired) electrons. The number of carbonyl (C=O) groups is 1. The van der Waals surface area contributed by atoms with Crippen LogP contribution in [0.15, 0.2) is 18.2 Å². The molecule has 0 spiro atoms. The maximum absolute atomic E-state index is 13.0. The smallest absolute Gasteiger partial charge is 0.243 e. The first-order valence-corrected chi connectivity index (χ1v) is 12.6. The standard InChI is InChI=1S/C25H31N5O2S/c1-16-7-8-17(2)19(13-16)26-22(31)15-29(3)24-23-18-5-4-6-20(18)33-25(23)28-21(27-24)14-30-9-11-32-12-10-30/h7-8,13H,4-6,9-12,14-15H2,1-3H3,(H,26,31)/p+1. The van der Waals surface area contributed by atoms with Gasteiger partial charge in [0.1, 0.15) is 30.3 Å². The van der Waals surface area contributed by atoms with Crippen LogP contribution >= 0.6 is 11.3 Å². The second kappa shape index (κ2) is 9.37. The summed E-state index contributed by atoms with van der Waals surface area (Å²) in [7, 11) is 1.97. The Labute approximate surface area is 198 Å². The molecule has 174 valence electrons. The van der Waals surface area contributed by atoms with Gasteiger partial charge < -0.3 is 19.9 Å². The van der Waals surface area contributed by atoms with Crippen LogP contribution in [0.1, 0.15) is 33.8 Å². The van der Waals surface area contributed by atoms with Crippen molar-refractivity contribution in [3.63, 3.8) is 0 Å². The molecule has 3 heterocycles. The molecule has 3 aromatic rings. The molecule has 33 heavy (non-hydrogen) atoms. The van der Waals surface area contributed by atoms with Crippen LogP contribution in [0.3, 0.4) is 0 Å². The van der Waals surface area contributed by atoms with E-state index in [9.17, 15) is 4.79 Å². The molecule has 1 aliphatic carbocycles. The van der Waals surface area contributed by atoms with E-state index in [1.807, 2.05) is 37.9 Å². The highest BCUT2D eigenvalue weighted by atomic mass is 32.1. The Bertz CT molecular complexity index is 1190. The van der Waals surface area contributed by atoms with Crippen molar-refractivity contribution >= 4 is 39.0 Å². The third-order valence-corrected chi connectivity index (χ3v) is 7.80. The van der Waals surface area contributed by atoms with Crippen molar-refractivity contribution in [2.24, 2.45) is 0 Å². The maximum atomic E-state index is 13.0. The molecule has 1 amide bonds. The van der Waals surface area contributed by atoms with E-state index in [1.54, 1.807) is 11.3 Å². The minimum Gasteiger partial charge on any atom is -0.370 e. The van der Waals surface area contributed by atoms with Gasteiger partial charge in [-0.3, -0.25) is 4.79 Å². The van der Waals surface area contributed by atoms with Crippen LogP contribution in [-0.4, -0.2) is 55.8 Å². The van der Waals surface area contributed by atoms with Gasteiger partial charge in [0, 0.05) is 17.6 Å². The van der Waals surface area contributed by atoms with Gasteiger partial charge in [0.05, 0.1) is 25.1 Å². The predicted octanol–water partition coefficient (Wildman–Crippen LogP) is 2.29. The molecule has 5 rings (SSSR count). The molecule has 1 aromatic carbocycles. The van der Waals surface area contributed by atoms with Crippen molar-refractivity contribution in [2.75, 3.05) is 50.1 Å². The number of fused-ring (bicyclic) bond motifs is 3. The van der Waals surface area contributed by atoms with Gasteiger partial charge in [-0.15, -0.1) is 11.3 Å². The van der Waals surface area contributed by atoms with Gasteiger partial charge in [0.25, 0.3) is 0 Å². The van der Waals surface area contributed by atoms with E-state index in [-0.39, 0.29) is 12.5 Å². The first kappa shape index (κ1) is 22.3. The van der Waals surface area contributed by atoms with Crippen LogP contribution in [0.2, 0.25) is 0 Å². The Kier molecular flexibility index (Phi) is 6.32. The van der Waals surface area contributed by atoms with E-state index in [0.717, 1.165) is 84.4 Å². The van der Waals surface area contributed by atoms with Gasteiger partial charge in [-0.2, -0.15) is 0 Å². The molecule has 1 saturated heterocycles. The second-order valence-corrected chi connectivity index (χ2v) is 10.3. The zero-order valence-corrected chi connectivity index (χ0v) is 20.5. The SMILES string of the molecule is Cc1ccc(C)c(NC(=O)CN(C)c2nc(C[NH+]3CCOCC3)nc3sc4c(c23)CCC4)c1. The fourth-order valence-corrected chi connectivity index (χ4v) is 6.06. The number of aromatic nitrogens is 2. The highest BCUT2D eigenvalue weighted by molar-refractivity contribution is 7.19. The monoisotopic (exact) mass is 466 g/mol. The molecule has 2 aliphatic rings. The van der Waals surface area contributed by atoms with Gasteiger partial charge in [-0.25, -0.2) is 9.97 Å². The number of carbonyl (C=O) groups excluding carboxylic acids is 1. The lowest BCUT2D eigenvalue weighted by Gasteiger charge is -2.24. The van der Waals surface area contributed by atoms with E-state index in [0.29, 0.717) is 0 Å². The lowest BCUT2D eigenvalue weighted by Crippen LogP contribution is -3.12. The number of aryl methyl sites for hydroxylation is 4. The van der Waals surface area contributed by atoms with Crippen LogP contribution < -0.4 is 15.1 Å². The molecule has 7 nitrogen and oxygen atoms in total. The molecule has 0 atom stereocenters. The van der Waals surface area contributed by atoms with E-state index in [4.69, 9.17) is 14.7 Å². The van der Waals surface area contributed by atoms with Crippen LogP contribution in [-0.2, 0) is 28.9 Å². The van der Waals surface area contributed by atoms with Crippen LogP contribution in [0.25, 0.3) is 10.2 Å². The van der Waals surface area contributed by atoms with Gasteiger partial charge in [-0.1, -0.05) is 12.1 Å². The van der Waals surface area contributed by atoms with Crippen molar-refractivity contribution in [1.29, 1.82) is 0 Å². The summed E-state index contributed by atoms with van der Waals surface area (Å²) >= 11 is 1.81. The van der Waals surface area contributed by atoms with Gasteiger partial charge in [0.2, 0.25) is 5.91 Å². The van der Waals surface area contributed by atoms with E-state index in [2.05, 4.69) is 11.4 Å². The van der Waals surface area contributed by atoms with Gasteiger partial charge in [-0.05, 0) is 55.9 Å². The zero-order chi connectivity index (χ0) is 22.9. The summed E-state index contributed by atoms with van der Waals surface area (Å²) in [6.45, 7) is 8.62. The van der Waals surface area contributed by atoms with E-state index in [1.165, 1.54) is 21.8 Å².